The summed E-state index contributed by atoms with van der Waals surface area (Å²) in [5.41, 5.74) is 1.03. The molecule has 0 aromatic heterocycles. The van der Waals surface area contributed by atoms with Crippen LogP contribution in [0.4, 0.5) is 5.69 Å². The van der Waals surface area contributed by atoms with Gasteiger partial charge in [0.2, 0.25) is 0 Å². The predicted molar refractivity (Wildman–Crippen MR) is 61.2 cm³/mol. The van der Waals surface area contributed by atoms with E-state index in [1.165, 1.54) is 0 Å². The lowest BCUT2D eigenvalue weighted by molar-refractivity contribution is 0.281. The Hall–Kier alpha value is -1.14. The summed E-state index contributed by atoms with van der Waals surface area (Å²) in [5.74, 6) is 8.00. The Kier molecular flexibility index (Phi) is 8.70. The summed E-state index contributed by atoms with van der Waals surface area (Å²) in [4.78, 5) is 1.94. The number of anilines is 1. The van der Waals surface area contributed by atoms with Crippen molar-refractivity contribution in [1.82, 2.24) is 0 Å². The van der Waals surface area contributed by atoms with Crippen LogP contribution >= 0.6 is 0 Å². The molecule has 0 radical (unpaired) electrons. The first-order valence-electron chi connectivity index (χ1n) is 4.73. The van der Waals surface area contributed by atoms with E-state index < -0.39 is 0 Å². The van der Waals surface area contributed by atoms with Gasteiger partial charge in [0.25, 0.3) is 0 Å². The first-order valence-corrected chi connectivity index (χ1v) is 4.73. The molecule has 0 spiro atoms. The van der Waals surface area contributed by atoms with E-state index in [1.54, 1.807) is 0 Å². The van der Waals surface area contributed by atoms with Crippen molar-refractivity contribution in [3.63, 3.8) is 0 Å². The van der Waals surface area contributed by atoms with Crippen molar-refractivity contribution in [3.05, 3.63) is 30.3 Å². The van der Waals surface area contributed by atoms with Crippen LogP contribution in [0.1, 0.15) is 0 Å². The molecule has 0 amide bonds. The van der Waals surface area contributed by atoms with Crippen LogP contribution in [0.25, 0.3) is 0 Å². The molecular formula is C10H19N3O2. The summed E-state index contributed by atoms with van der Waals surface area (Å²) in [6.07, 6.45) is 0. The van der Waals surface area contributed by atoms with E-state index in [2.05, 4.69) is 11.7 Å². The molecule has 1 aromatic carbocycles. The molecule has 15 heavy (non-hydrogen) atoms. The summed E-state index contributed by atoms with van der Waals surface area (Å²) in [6, 6.07) is 9.75. The van der Waals surface area contributed by atoms with E-state index in [-0.39, 0.29) is 13.2 Å². The maximum Gasteiger partial charge on any atom is 0.0606 e. The fourth-order valence-electron chi connectivity index (χ4n) is 1.25. The Labute approximate surface area is 89.9 Å². The van der Waals surface area contributed by atoms with E-state index in [1.807, 2.05) is 35.2 Å². The van der Waals surface area contributed by atoms with Gasteiger partial charge in [0.15, 0.2) is 0 Å². The largest absolute Gasteiger partial charge is 0.395 e. The van der Waals surface area contributed by atoms with E-state index in [9.17, 15) is 0 Å². The van der Waals surface area contributed by atoms with Crippen LogP contribution in [0.5, 0.6) is 0 Å². The third-order valence-corrected chi connectivity index (χ3v) is 1.86. The number of rotatable bonds is 5. The number of hydrazine groups is 1. The highest BCUT2D eigenvalue weighted by Crippen LogP contribution is 2.11. The van der Waals surface area contributed by atoms with Gasteiger partial charge < -0.3 is 15.1 Å². The van der Waals surface area contributed by atoms with Gasteiger partial charge in [-0.25, -0.2) is 0 Å². The average molecular weight is 213 g/mol. The van der Waals surface area contributed by atoms with Crippen LogP contribution in [0.15, 0.2) is 30.3 Å². The summed E-state index contributed by atoms with van der Waals surface area (Å²) < 4.78 is 0. The molecule has 1 rings (SSSR count). The molecule has 6 N–H and O–H groups in total. The molecule has 0 unspecified atom stereocenters. The van der Waals surface area contributed by atoms with Crippen LogP contribution in [-0.2, 0) is 0 Å². The molecule has 86 valence electrons. The Morgan fingerprint density at radius 3 is 1.80 bits per heavy atom. The SMILES string of the molecule is NN.OCCN(CCO)c1ccccc1. The summed E-state index contributed by atoms with van der Waals surface area (Å²) in [5, 5.41) is 17.6. The Balaban J connectivity index is 0.000000921. The monoisotopic (exact) mass is 213 g/mol. The van der Waals surface area contributed by atoms with Crippen LogP contribution < -0.4 is 16.6 Å². The lowest BCUT2D eigenvalue weighted by Crippen LogP contribution is -2.29. The fourth-order valence-corrected chi connectivity index (χ4v) is 1.25. The molecule has 0 aliphatic rings. The molecule has 1 aromatic rings. The van der Waals surface area contributed by atoms with E-state index in [0.717, 1.165) is 5.69 Å². The van der Waals surface area contributed by atoms with Crippen molar-refractivity contribution < 1.29 is 10.2 Å². The van der Waals surface area contributed by atoms with E-state index >= 15 is 0 Å². The van der Waals surface area contributed by atoms with Gasteiger partial charge in [-0.05, 0) is 12.1 Å². The van der Waals surface area contributed by atoms with E-state index in [4.69, 9.17) is 10.2 Å². The average Bonchev–Trinajstić information content (AvgIpc) is 2.33. The predicted octanol–water partition coefficient (Wildman–Crippen LogP) is -0.704. The zero-order valence-corrected chi connectivity index (χ0v) is 8.71. The second-order valence-corrected chi connectivity index (χ2v) is 2.77. The Morgan fingerprint density at radius 2 is 1.40 bits per heavy atom. The second-order valence-electron chi connectivity index (χ2n) is 2.77. The normalized spacial score (nSPS) is 9.07. The van der Waals surface area contributed by atoms with Crippen LogP contribution in [-0.4, -0.2) is 36.5 Å². The lowest BCUT2D eigenvalue weighted by atomic mass is 10.3. The smallest absolute Gasteiger partial charge is 0.0606 e. The first-order chi connectivity index (χ1) is 7.38. The van der Waals surface area contributed by atoms with Gasteiger partial charge in [-0.2, -0.15) is 0 Å². The van der Waals surface area contributed by atoms with Gasteiger partial charge in [-0.1, -0.05) is 18.2 Å². The third kappa shape index (κ3) is 5.34. The van der Waals surface area contributed by atoms with Gasteiger partial charge in [0.05, 0.1) is 13.2 Å². The van der Waals surface area contributed by atoms with Gasteiger partial charge in [-0.15, -0.1) is 0 Å². The summed E-state index contributed by atoms with van der Waals surface area (Å²) >= 11 is 0. The van der Waals surface area contributed by atoms with Gasteiger partial charge >= 0.3 is 0 Å². The van der Waals surface area contributed by atoms with Crippen LogP contribution in [0, 0.1) is 0 Å². The number of hydrogen-bond acceptors (Lipinski definition) is 5. The lowest BCUT2D eigenvalue weighted by Gasteiger charge is -2.22. The molecule has 0 saturated heterocycles. The molecule has 0 bridgehead atoms. The fraction of sp³-hybridized carbons (Fsp3) is 0.400. The molecule has 0 heterocycles. The first kappa shape index (κ1) is 13.9. The molecule has 0 saturated carbocycles. The molecule has 0 aliphatic heterocycles. The number of aliphatic hydroxyl groups is 2. The standard InChI is InChI=1S/C10H15NO2.H4N2/c12-8-6-11(7-9-13)10-4-2-1-3-5-10;1-2/h1-5,12-13H,6-9H2;1-2H2. The maximum absolute atomic E-state index is 8.80. The highest BCUT2D eigenvalue weighted by Gasteiger charge is 2.02. The summed E-state index contributed by atoms with van der Waals surface area (Å²) in [6.45, 7) is 1.33. The second kappa shape index (κ2) is 9.42. The van der Waals surface area contributed by atoms with Gasteiger partial charge in [-0.3, -0.25) is 11.7 Å². The number of benzene rings is 1. The van der Waals surface area contributed by atoms with Gasteiger partial charge in [0, 0.05) is 18.8 Å². The number of para-hydroxylation sites is 1. The molecule has 0 atom stereocenters. The number of nitrogens with two attached hydrogens (primary N) is 2. The highest BCUT2D eigenvalue weighted by atomic mass is 16.3. The minimum absolute atomic E-state index is 0.106. The molecule has 5 heteroatoms. The van der Waals surface area contributed by atoms with Crippen molar-refractivity contribution >= 4 is 5.69 Å². The molecule has 0 fully saturated rings. The molecule has 0 aliphatic carbocycles. The van der Waals surface area contributed by atoms with Crippen molar-refractivity contribution in [2.45, 2.75) is 0 Å². The van der Waals surface area contributed by atoms with Crippen molar-refractivity contribution in [1.29, 1.82) is 0 Å². The Bertz CT molecular complexity index is 225. The van der Waals surface area contributed by atoms with Crippen molar-refractivity contribution in [3.8, 4) is 0 Å². The highest BCUT2D eigenvalue weighted by molar-refractivity contribution is 5.45. The topological polar surface area (TPSA) is 95.7 Å². The van der Waals surface area contributed by atoms with Crippen LogP contribution in [0.2, 0.25) is 0 Å². The number of hydrogen-bond donors (Lipinski definition) is 4. The van der Waals surface area contributed by atoms with Crippen molar-refractivity contribution in [2.75, 3.05) is 31.2 Å². The van der Waals surface area contributed by atoms with E-state index in [0.29, 0.717) is 13.1 Å². The van der Waals surface area contributed by atoms with Gasteiger partial charge in [0.1, 0.15) is 0 Å². The zero-order chi connectivity index (χ0) is 11.5. The summed E-state index contributed by atoms with van der Waals surface area (Å²) in [7, 11) is 0. The van der Waals surface area contributed by atoms with Crippen LogP contribution in [0.3, 0.4) is 0 Å². The molecule has 5 nitrogen and oxygen atoms in total. The zero-order valence-electron chi connectivity index (χ0n) is 8.71. The van der Waals surface area contributed by atoms with Crippen molar-refractivity contribution in [2.24, 2.45) is 11.7 Å². The minimum Gasteiger partial charge on any atom is -0.395 e. The number of aliphatic hydroxyl groups excluding tert-OH is 2. The third-order valence-electron chi connectivity index (χ3n) is 1.86. The maximum atomic E-state index is 8.80. The minimum atomic E-state index is 0.106. The molecular weight excluding hydrogens is 194 g/mol. The quantitative estimate of drug-likeness (QED) is 0.383. The number of nitrogens with zero attached hydrogens (tertiary/aromatic N) is 1. The Morgan fingerprint density at radius 1 is 0.933 bits per heavy atom.